The smallest absolute Gasteiger partial charge is 0.137 e. The molecule has 0 amide bonds. The van der Waals surface area contributed by atoms with Gasteiger partial charge in [0.15, 0.2) is 0 Å². The standard InChI is InChI=1S/C18H23N5O/c19-9-15(16(20)10-24)12-6-7-17-14(8-12)18(22-11-21-17)23-13-4-2-1-3-5-13/h6-9,11,13,19,24H,1-5,10,20H2,(H,21,22,23). The molecule has 0 atom stereocenters. The third-order valence-electron chi connectivity index (χ3n) is 4.55. The van der Waals surface area contributed by atoms with Crippen molar-refractivity contribution in [1.82, 2.24) is 9.97 Å². The van der Waals surface area contributed by atoms with Gasteiger partial charge in [-0.2, -0.15) is 0 Å². The number of benzene rings is 1. The number of fused-ring (bicyclic) bond motifs is 1. The Morgan fingerprint density at radius 2 is 2.08 bits per heavy atom. The lowest BCUT2D eigenvalue weighted by atomic mass is 9.95. The van der Waals surface area contributed by atoms with E-state index in [9.17, 15) is 5.11 Å². The third-order valence-corrected chi connectivity index (χ3v) is 4.55. The monoisotopic (exact) mass is 325 g/mol. The molecule has 1 saturated carbocycles. The van der Waals surface area contributed by atoms with Gasteiger partial charge in [0.1, 0.15) is 12.1 Å². The van der Waals surface area contributed by atoms with Crippen LogP contribution in [0.3, 0.4) is 0 Å². The molecule has 24 heavy (non-hydrogen) atoms. The Kier molecular flexibility index (Phi) is 5.05. The maximum Gasteiger partial charge on any atom is 0.137 e. The minimum Gasteiger partial charge on any atom is -0.400 e. The fraction of sp³-hybridized carbons (Fsp3) is 0.389. The molecule has 5 N–H and O–H groups in total. The number of aromatic nitrogens is 2. The van der Waals surface area contributed by atoms with E-state index < -0.39 is 0 Å². The van der Waals surface area contributed by atoms with Crippen LogP contribution in [0.1, 0.15) is 37.7 Å². The molecule has 126 valence electrons. The van der Waals surface area contributed by atoms with E-state index in [0.29, 0.717) is 11.6 Å². The van der Waals surface area contributed by atoms with Crippen molar-refractivity contribution in [3.8, 4) is 0 Å². The van der Waals surface area contributed by atoms with E-state index in [0.717, 1.165) is 35.1 Å². The predicted octanol–water partition coefficient (Wildman–Crippen LogP) is 2.69. The maximum atomic E-state index is 9.26. The molecule has 0 aliphatic heterocycles. The highest BCUT2D eigenvalue weighted by Crippen LogP contribution is 2.27. The van der Waals surface area contributed by atoms with Gasteiger partial charge in [-0.1, -0.05) is 25.3 Å². The van der Waals surface area contributed by atoms with Crippen molar-refractivity contribution in [2.24, 2.45) is 5.73 Å². The Balaban J connectivity index is 2.01. The third kappa shape index (κ3) is 3.38. The van der Waals surface area contributed by atoms with Crippen LogP contribution in [0, 0.1) is 5.41 Å². The second kappa shape index (κ2) is 7.40. The van der Waals surface area contributed by atoms with Gasteiger partial charge in [-0.3, -0.25) is 0 Å². The lowest BCUT2D eigenvalue weighted by molar-refractivity contribution is 0.330. The van der Waals surface area contributed by atoms with Gasteiger partial charge >= 0.3 is 0 Å². The molecule has 0 radical (unpaired) electrons. The molecule has 1 aromatic carbocycles. The minimum atomic E-state index is -0.277. The van der Waals surface area contributed by atoms with Crippen molar-refractivity contribution in [2.45, 2.75) is 38.1 Å². The summed E-state index contributed by atoms with van der Waals surface area (Å²) in [6.07, 6.45) is 8.87. The molecule has 1 aliphatic rings. The Morgan fingerprint density at radius 3 is 2.79 bits per heavy atom. The zero-order chi connectivity index (χ0) is 16.9. The average Bonchev–Trinajstić information content (AvgIpc) is 2.63. The zero-order valence-corrected chi connectivity index (χ0v) is 13.6. The molecule has 0 saturated heterocycles. The topological polar surface area (TPSA) is 108 Å². The average molecular weight is 325 g/mol. The molecule has 0 unspecified atom stereocenters. The lowest BCUT2D eigenvalue weighted by Gasteiger charge is -2.23. The summed E-state index contributed by atoms with van der Waals surface area (Å²) in [6, 6.07) is 6.14. The van der Waals surface area contributed by atoms with E-state index in [1.165, 1.54) is 25.5 Å². The summed E-state index contributed by atoms with van der Waals surface area (Å²) in [6.45, 7) is -0.277. The molecule has 0 spiro atoms. The quantitative estimate of drug-likeness (QED) is 0.632. The van der Waals surface area contributed by atoms with Crippen molar-refractivity contribution in [3.05, 3.63) is 35.8 Å². The molecular weight excluding hydrogens is 302 g/mol. The van der Waals surface area contributed by atoms with Crippen LogP contribution in [0.2, 0.25) is 0 Å². The van der Waals surface area contributed by atoms with Crippen molar-refractivity contribution < 1.29 is 5.11 Å². The van der Waals surface area contributed by atoms with Crippen molar-refractivity contribution in [3.63, 3.8) is 0 Å². The van der Waals surface area contributed by atoms with E-state index in [-0.39, 0.29) is 12.3 Å². The predicted molar refractivity (Wildman–Crippen MR) is 97.0 cm³/mol. The van der Waals surface area contributed by atoms with Crippen LogP contribution in [0.25, 0.3) is 16.5 Å². The molecule has 1 aliphatic carbocycles. The highest BCUT2D eigenvalue weighted by Gasteiger charge is 2.15. The molecule has 3 rings (SSSR count). The fourth-order valence-corrected chi connectivity index (χ4v) is 3.23. The Labute approximate surface area is 141 Å². The van der Waals surface area contributed by atoms with Crippen molar-refractivity contribution >= 4 is 28.5 Å². The number of hydrogen-bond acceptors (Lipinski definition) is 6. The van der Waals surface area contributed by atoms with Crippen molar-refractivity contribution in [1.29, 1.82) is 5.41 Å². The van der Waals surface area contributed by atoms with Gasteiger partial charge in [0.25, 0.3) is 0 Å². The maximum absolute atomic E-state index is 9.26. The number of anilines is 1. The number of aliphatic hydroxyl groups excluding tert-OH is 1. The molecule has 1 fully saturated rings. The van der Waals surface area contributed by atoms with E-state index in [2.05, 4.69) is 15.3 Å². The summed E-state index contributed by atoms with van der Waals surface area (Å²) in [5.41, 5.74) is 8.25. The normalized spacial score (nSPS) is 16.7. The first-order chi connectivity index (χ1) is 11.7. The number of nitrogens with one attached hydrogen (secondary N) is 2. The second-order valence-corrected chi connectivity index (χ2v) is 6.17. The fourth-order valence-electron chi connectivity index (χ4n) is 3.23. The summed E-state index contributed by atoms with van der Waals surface area (Å²) in [5, 5.41) is 21.3. The van der Waals surface area contributed by atoms with Gasteiger partial charge in [0.05, 0.1) is 12.1 Å². The lowest BCUT2D eigenvalue weighted by Crippen LogP contribution is -2.23. The van der Waals surface area contributed by atoms with Crippen LogP contribution in [0.5, 0.6) is 0 Å². The molecule has 1 heterocycles. The van der Waals surface area contributed by atoms with Gasteiger partial charge in [0.2, 0.25) is 0 Å². The summed E-state index contributed by atoms with van der Waals surface area (Å²) in [7, 11) is 0. The molecule has 2 aromatic rings. The van der Waals surface area contributed by atoms with Gasteiger partial charge in [-0.25, -0.2) is 9.97 Å². The van der Waals surface area contributed by atoms with Crippen LogP contribution >= 0.6 is 0 Å². The van der Waals surface area contributed by atoms with Crippen LogP contribution in [0.15, 0.2) is 30.2 Å². The Morgan fingerprint density at radius 1 is 1.29 bits per heavy atom. The first-order valence-electron chi connectivity index (χ1n) is 8.34. The summed E-state index contributed by atoms with van der Waals surface area (Å²) >= 11 is 0. The van der Waals surface area contributed by atoms with Gasteiger partial charge in [-0.15, -0.1) is 0 Å². The van der Waals surface area contributed by atoms with Gasteiger partial charge < -0.3 is 21.6 Å². The first kappa shape index (κ1) is 16.4. The molecular formula is C18H23N5O. The summed E-state index contributed by atoms with van der Waals surface area (Å²) in [5.74, 6) is 0.820. The highest BCUT2D eigenvalue weighted by molar-refractivity contribution is 6.10. The summed E-state index contributed by atoms with van der Waals surface area (Å²) < 4.78 is 0. The number of nitrogens with zero attached hydrogens (tertiary/aromatic N) is 2. The number of nitrogens with two attached hydrogens (primary N) is 1. The van der Waals surface area contributed by atoms with E-state index >= 15 is 0 Å². The van der Waals surface area contributed by atoms with E-state index in [1.54, 1.807) is 6.33 Å². The number of allylic oxidation sites excluding steroid dienone is 1. The molecule has 6 heteroatoms. The Hall–Kier alpha value is -2.47. The summed E-state index contributed by atoms with van der Waals surface area (Å²) in [4.78, 5) is 8.74. The number of rotatable bonds is 5. The van der Waals surface area contributed by atoms with Crippen LogP contribution < -0.4 is 11.1 Å². The van der Waals surface area contributed by atoms with Crippen LogP contribution in [-0.4, -0.2) is 33.9 Å². The molecule has 6 nitrogen and oxygen atoms in total. The van der Waals surface area contributed by atoms with Crippen LogP contribution in [0.4, 0.5) is 5.82 Å². The Bertz CT molecular complexity index is 765. The molecule has 0 bridgehead atoms. The van der Waals surface area contributed by atoms with Crippen LogP contribution in [-0.2, 0) is 0 Å². The largest absolute Gasteiger partial charge is 0.400 e. The minimum absolute atomic E-state index is 0.277. The van der Waals surface area contributed by atoms with Gasteiger partial charge in [-0.05, 0) is 30.5 Å². The van der Waals surface area contributed by atoms with Crippen molar-refractivity contribution in [2.75, 3.05) is 11.9 Å². The number of aliphatic hydroxyl groups is 1. The van der Waals surface area contributed by atoms with E-state index in [1.807, 2.05) is 18.2 Å². The van der Waals surface area contributed by atoms with Gasteiger partial charge in [0, 0.05) is 28.9 Å². The molecule has 1 aromatic heterocycles. The highest BCUT2D eigenvalue weighted by atomic mass is 16.3. The second-order valence-electron chi connectivity index (χ2n) is 6.17. The van der Waals surface area contributed by atoms with E-state index in [4.69, 9.17) is 11.1 Å². The first-order valence-corrected chi connectivity index (χ1v) is 8.34. The SMILES string of the molecule is N=CC(=C(N)CO)c1ccc2ncnc(NC3CCCCC3)c2c1. The zero-order valence-electron chi connectivity index (χ0n) is 13.6. The number of hydrogen-bond donors (Lipinski definition) is 4.